The Hall–Kier alpha value is -3.24. The standard InChI is InChI=1S/C26H25N4.ClH/c1-2-7-26-29(18-22-14-12-20-8-3-5-10-24(20)27-22)16-17-30(26)19-23-15-13-21-9-4-6-11-25(21)28-23;/h3-6,8-17H,2,7,18-19H2,1H3;1H/q+1;/p-1. The highest BCUT2D eigenvalue weighted by atomic mass is 35.5. The van der Waals surface area contributed by atoms with Crippen molar-refractivity contribution in [2.24, 2.45) is 0 Å². The number of pyridine rings is 2. The lowest BCUT2D eigenvalue weighted by Crippen LogP contribution is -3.00. The number of hydrogen-bond donors (Lipinski definition) is 0. The molecule has 31 heavy (non-hydrogen) atoms. The summed E-state index contributed by atoms with van der Waals surface area (Å²) in [4.78, 5) is 9.71. The van der Waals surface area contributed by atoms with E-state index in [1.165, 1.54) is 16.6 Å². The van der Waals surface area contributed by atoms with Crippen molar-refractivity contribution in [2.45, 2.75) is 32.9 Å². The van der Waals surface area contributed by atoms with Crippen LogP contribution in [0, 0.1) is 0 Å². The molecular formula is C26H25ClN4. The van der Waals surface area contributed by atoms with Gasteiger partial charge in [0.15, 0.2) is 0 Å². The summed E-state index contributed by atoms with van der Waals surface area (Å²) in [6, 6.07) is 25.1. The molecule has 2 aromatic carbocycles. The zero-order chi connectivity index (χ0) is 20.3. The number of rotatable bonds is 6. The largest absolute Gasteiger partial charge is 1.00 e. The second-order valence-electron chi connectivity index (χ2n) is 7.71. The molecule has 5 heteroatoms. The van der Waals surface area contributed by atoms with Gasteiger partial charge in [-0.05, 0) is 30.7 Å². The third-order valence-electron chi connectivity index (χ3n) is 5.54. The van der Waals surface area contributed by atoms with E-state index in [1.54, 1.807) is 0 Å². The third-order valence-corrected chi connectivity index (χ3v) is 5.54. The van der Waals surface area contributed by atoms with Gasteiger partial charge in [-0.25, -0.2) is 19.1 Å². The Kier molecular flexibility index (Phi) is 6.28. The van der Waals surface area contributed by atoms with Crippen LogP contribution in [0.2, 0.25) is 0 Å². The van der Waals surface area contributed by atoms with E-state index in [4.69, 9.17) is 9.97 Å². The molecule has 3 aromatic heterocycles. The van der Waals surface area contributed by atoms with Crippen LogP contribution < -0.4 is 17.0 Å². The molecule has 0 atom stereocenters. The molecule has 156 valence electrons. The predicted octanol–water partition coefficient (Wildman–Crippen LogP) is 1.93. The summed E-state index contributed by atoms with van der Waals surface area (Å²) in [5.74, 6) is 1.31. The summed E-state index contributed by atoms with van der Waals surface area (Å²) >= 11 is 0. The molecular weight excluding hydrogens is 404 g/mol. The van der Waals surface area contributed by atoms with E-state index in [9.17, 15) is 0 Å². The van der Waals surface area contributed by atoms with Crippen LogP contribution in [0.4, 0.5) is 0 Å². The summed E-state index contributed by atoms with van der Waals surface area (Å²) in [6.45, 7) is 3.78. The average Bonchev–Trinajstić information content (AvgIpc) is 3.15. The smallest absolute Gasteiger partial charge is 0.257 e. The number of halogens is 1. The zero-order valence-corrected chi connectivity index (χ0v) is 18.3. The summed E-state index contributed by atoms with van der Waals surface area (Å²) in [5.41, 5.74) is 4.26. The van der Waals surface area contributed by atoms with Crippen LogP contribution in [0.15, 0.2) is 85.2 Å². The van der Waals surface area contributed by atoms with E-state index < -0.39 is 0 Å². The first kappa shape index (κ1) is 21.0. The fourth-order valence-corrected chi connectivity index (χ4v) is 4.04. The molecule has 0 N–H and O–H groups in total. The maximum absolute atomic E-state index is 4.86. The number of aromatic nitrogens is 4. The molecule has 0 aliphatic carbocycles. The number of para-hydroxylation sites is 2. The molecule has 0 aliphatic rings. The Morgan fingerprint density at radius 3 is 2.06 bits per heavy atom. The van der Waals surface area contributed by atoms with Gasteiger partial charge in [-0.2, -0.15) is 0 Å². The lowest BCUT2D eigenvalue weighted by molar-refractivity contribution is -0.695. The van der Waals surface area contributed by atoms with E-state index in [2.05, 4.69) is 89.1 Å². The van der Waals surface area contributed by atoms with Crippen LogP contribution in [0.1, 0.15) is 30.6 Å². The van der Waals surface area contributed by atoms with Crippen LogP contribution in [0.25, 0.3) is 21.8 Å². The SMILES string of the molecule is CCCc1n(Cc2ccc3ccccc3n2)cc[n+]1Cc1ccc2ccccc2n1.[Cl-]. The molecule has 0 saturated carbocycles. The Morgan fingerprint density at radius 2 is 1.39 bits per heavy atom. The first-order valence-corrected chi connectivity index (χ1v) is 10.6. The Balaban J connectivity index is 0.00000231. The summed E-state index contributed by atoms with van der Waals surface area (Å²) in [6.07, 6.45) is 6.46. The zero-order valence-electron chi connectivity index (χ0n) is 17.6. The molecule has 0 aliphatic heterocycles. The molecule has 0 amide bonds. The maximum atomic E-state index is 4.86. The van der Waals surface area contributed by atoms with Gasteiger partial charge < -0.3 is 12.4 Å². The molecule has 0 radical (unpaired) electrons. The van der Waals surface area contributed by atoms with Crippen molar-refractivity contribution < 1.29 is 17.0 Å². The van der Waals surface area contributed by atoms with Crippen molar-refractivity contribution in [3.63, 3.8) is 0 Å². The third kappa shape index (κ3) is 4.44. The van der Waals surface area contributed by atoms with Gasteiger partial charge in [0, 0.05) is 17.2 Å². The minimum Gasteiger partial charge on any atom is -1.00 e. The first-order valence-electron chi connectivity index (χ1n) is 10.6. The van der Waals surface area contributed by atoms with Crippen molar-refractivity contribution >= 4 is 21.8 Å². The van der Waals surface area contributed by atoms with Crippen molar-refractivity contribution in [2.75, 3.05) is 0 Å². The normalized spacial score (nSPS) is 11.0. The van der Waals surface area contributed by atoms with Crippen molar-refractivity contribution in [3.8, 4) is 0 Å². The summed E-state index contributed by atoms with van der Waals surface area (Å²) in [7, 11) is 0. The minimum atomic E-state index is 0. The molecule has 0 bridgehead atoms. The fourth-order valence-electron chi connectivity index (χ4n) is 4.04. The van der Waals surface area contributed by atoms with Crippen molar-refractivity contribution in [1.29, 1.82) is 0 Å². The van der Waals surface area contributed by atoms with Gasteiger partial charge in [0.25, 0.3) is 5.82 Å². The number of benzene rings is 2. The van der Waals surface area contributed by atoms with Gasteiger partial charge >= 0.3 is 0 Å². The van der Waals surface area contributed by atoms with Crippen molar-refractivity contribution in [3.05, 3.63) is 102 Å². The van der Waals surface area contributed by atoms with Gasteiger partial charge in [0.05, 0.1) is 22.4 Å². The predicted molar refractivity (Wildman–Crippen MR) is 120 cm³/mol. The van der Waals surface area contributed by atoms with Crippen LogP contribution >= 0.6 is 0 Å². The highest BCUT2D eigenvalue weighted by Crippen LogP contribution is 2.14. The maximum Gasteiger partial charge on any atom is 0.257 e. The van der Waals surface area contributed by atoms with Gasteiger partial charge in [-0.15, -0.1) is 0 Å². The van der Waals surface area contributed by atoms with Crippen LogP contribution in [-0.4, -0.2) is 14.5 Å². The van der Waals surface area contributed by atoms with E-state index in [1.807, 2.05) is 12.1 Å². The van der Waals surface area contributed by atoms with E-state index in [0.717, 1.165) is 48.4 Å². The van der Waals surface area contributed by atoms with E-state index in [0.29, 0.717) is 0 Å². The van der Waals surface area contributed by atoms with Gasteiger partial charge in [-0.3, -0.25) is 0 Å². The van der Waals surface area contributed by atoms with Gasteiger partial charge in [0.2, 0.25) is 0 Å². The Labute approximate surface area is 188 Å². The molecule has 0 fully saturated rings. The number of hydrogen-bond acceptors (Lipinski definition) is 2. The summed E-state index contributed by atoms with van der Waals surface area (Å²) < 4.78 is 4.64. The molecule has 0 unspecified atom stereocenters. The number of fused-ring (bicyclic) bond motifs is 2. The first-order chi connectivity index (χ1) is 14.8. The van der Waals surface area contributed by atoms with E-state index >= 15 is 0 Å². The lowest BCUT2D eigenvalue weighted by Gasteiger charge is -2.06. The van der Waals surface area contributed by atoms with E-state index in [-0.39, 0.29) is 12.4 Å². The second-order valence-corrected chi connectivity index (χ2v) is 7.71. The number of nitrogens with zero attached hydrogens (tertiary/aromatic N) is 4. The van der Waals surface area contributed by atoms with Crippen molar-refractivity contribution in [1.82, 2.24) is 14.5 Å². The van der Waals surface area contributed by atoms with Crippen LogP contribution in [-0.2, 0) is 19.5 Å². The second kappa shape index (κ2) is 9.27. The Morgan fingerprint density at radius 1 is 0.774 bits per heavy atom. The van der Waals surface area contributed by atoms with Crippen LogP contribution in [0.3, 0.4) is 0 Å². The van der Waals surface area contributed by atoms with Gasteiger partial charge in [-0.1, -0.05) is 55.5 Å². The molecule has 0 saturated heterocycles. The molecule has 5 rings (SSSR count). The topological polar surface area (TPSA) is 34.6 Å². The highest BCUT2D eigenvalue weighted by Gasteiger charge is 2.18. The summed E-state index contributed by atoms with van der Waals surface area (Å²) in [5, 5.41) is 2.36. The fraction of sp³-hybridized carbons (Fsp3) is 0.192. The highest BCUT2D eigenvalue weighted by molar-refractivity contribution is 5.79. The molecule has 0 spiro atoms. The molecule has 3 heterocycles. The average molecular weight is 429 g/mol. The molecule has 4 nitrogen and oxygen atoms in total. The number of imidazole rings is 1. The minimum absolute atomic E-state index is 0. The van der Waals surface area contributed by atoms with Crippen LogP contribution in [0.5, 0.6) is 0 Å². The molecule has 5 aromatic rings. The monoisotopic (exact) mass is 428 g/mol. The lowest BCUT2D eigenvalue weighted by atomic mass is 10.2. The Bertz CT molecular complexity index is 1230. The van der Waals surface area contributed by atoms with Gasteiger partial charge in [0.1, 0.15) is 25.5 Å². The quantitative estimate of drug-likeness (QED) is 0.387.